The number of carbonyl (C=O) groups excluding carboxylic acids is 3. The van der Waals surface area contributed by atoms with Crippen LogP contribution in [0.15, 0.2) is 30.3 Å². The molecule has 1 atom stereocenters. The van der Waals surface area contributed by atoms with Crippen molar-refractivity contribution in [3.05, 3.63) is 35.9 Å². The van der Waals surface area contributed by atoms with E-state index in [2.05, 4.69) is 27.6 Å². The molecule has 0 bridgehead atoms. The van der Waals surface area contributed by atoms with Gasteiger partial charge in [-0.25, -0.2) is 9.59 Å². The van der Waals surface area contributed by atoms with Gasteiger partial charge in [-0.05, 0) is 31.5 Å². The molecule has 0 spiro atoms. The monoisotopic (exact) mass is 404 g/mol. The number of benzene rings is 1. The minimum atomic E-state index is -5.30. The van der Waals surface area contributed by atoms with Crippen molar-refractivity contribution in [2.75, 3.05) is 13.1 Å². The molecule has 10 heteroatoms. The highest BCUT2D eigenvalue weighted by Gasteiger charge is 2.48. The maximum atomic E-state index is 12.3. The third-order valence-corrected chi connectivity index (χ3v) is 5.11. The van der Waals surface area contributed by atoms with E-state index in [1.165, 1.54) is 0 Å². The zero-order valence-corrected chi connectivity index (χ0v) is 15.1. The number of carbonyl (C=O) groups is 3. The number of halogens is 3. The largest absolute Gasteiger partial charge is 0.491 e. The number of nitrogens with one attached hydrogen (secondary N) is 1. The Morgan fingerprint density at radius 2 is 1.85 bits per heavy atom. The fourth-order valence-corrected chi connectivity index (χ4v) is 3.33. The first kappa shape index (κ1) is 21.2. The quantitative estimate of drug-likeness (QED) is 0.327. The highest BCUT2D eigenvalue weighted by atomic mass is 32.1. The van der Waals surface area contributed by atoms with Gasteiger partial charge < -0.3 is 10.1 Å². The van der Waals surface area contributed by atoms with E-state index in [0.717, 1.165) is 5.56 Å². The first-order valence-electron chi connectivity index (χ1n) is 8.17. The number of piperidine rings is 1. The van der Waals surface area contributed by atoms with E-state index in [9.17, 15) is 27.6 Å². The number of hydrogen-bond donors (Lipinski definition) is 2. The Labute approximate surface area is 159 Å². The lowest BCUT2D eigenvalue weighted by molar-refractivity contribution is -0.202. The molecule has 148 valence electrons. The Bertz CT molecular complexity index is 677. The van der Waals surface area contributed by atoms with Crippen LogP contribution >= 0.6 is 12.6 Å². The summed E-state index contributed by atoms with van der Waals surface area (Å²) >= 11 is 4.44. The molecule has 1 aromatic carbocycles. The fraction of sp³-hybridized carbons (Fsp3) is 0.471. The maximum absolute atomic E-state index is 12.3. The van der Waals surface area contributed by atoms with Crippen LogP contribution in [0.4, 0.5) is 13.2 Å². The van der Waals surface area contributed by atoms with Crippen LogP contribution in [0.1, 0.15) is 18.4 Å². The van der Waals surface area contributed by atoms with Gasteiger partial charge in [0.25, 0.3) is 0 Å². The van der Waals surface area contributed by atoms with Gasteiger partial charge in [-0.2, -0.15) is 25.8 Å². The molecule has 1 N–H and O–H groups in total. The lowest BCUT2D eigenvalue weighted by atomic mass is 9.88. The van der Waals surface area contributed by atoms with Gasteiger partial charge in [-0.3, -0.25) is 9.69 Å². The number of hydrogen-bond acceptors (Lipinski definition) is 6. The molecule has 2 rings (SSSR count). The summed E-state index contributed by atoms with van der Waals surface area (Å²) < 4.78 is 39.7. The Balaban J connectivity index is 2.01. The van der Waals surface area contributed by atoms with E-state index in [4.69, 9.17) is 0 Å². The van der Waals surface area contributed by atoms with E-state index < -0.39 is 28.9 Å². The summed E-state index contributed by atoms with van der Waals surface area (Å²) in [5, 5.41) is 2.14. The average Bonchev–Trinajstić information content (AvgIpc) is 2.61. The van der Waals surface area contributed by atoms with Crippen molar-refractivity contribution in [3.63, 3.8) is 0 Å². The molecular weight excluding hydrogens is 385 g/mol. The lowest BCUT2D eigenvalue weighted by Crippen LogP contribution is -2.57. The molecule has 1 saturated heterocycles. The molecule has 1 aromatic rings. The molecule has 1 heterocycles. The first-order valence-corrected chi connectivity index (χ1v) is 8.61. The molecule has 6 nitrogen and oxygen atoms in total. The molecule has 0 aliphatic carbocycles. The van der Waals surface area contributed by atoms with Gasteiger partial charge in [0.15, 0.2) is 0 Å². The number of nitrogens with zero attached hydrogens (tertiary/aromatic N) is 1. The van der Waals surface area contributed by atoms with Crippen LogP contribution in [0.3, 0.4) is 0 Å². The van der Waals surface area contributed by atoms with Crippen LogP contribution < -0.4 is 5.32 Å². The molecule has 0 unspecified atom stereocenters. The summed E-state index contributed by atoms with van der Waals surface area (Å²) in [5.74, 6) is -4.10. The fourth-order valence-electron chi connectivity index (χ4n) is 2.95. The smallest absolute Gasteiger partial charge is 0.385 e. The van der Waals surface area contributed by atoms with E-state index >= 15 is 0 Å². The minimum absolute atomic E-state index is 0.179. The molecule has 0 aromatic heterocycles. The lowest BCUT2D eigenvalue weighted by Gasteiger charge is -2.42. The van der Waals surface area contributed by atoms with E-state index in [-0.39, 0.29) is 6.41 Å². The predicted molar refractivity (Wildman–Crippen MR) is 92.8 cm³/mol. The molecule has 1 aliphatic heterocycles. The van der Waals surface area contributed by atoms with Gasteiger partial charge in [0.2, 0.25) is 6.41 Å². The van der Waals surface area contributed by atoms with Crippen molar-refractivity contribution in [1.29, 1.82) is 0 Å². The molecule has 0 radical (unpaired) electrons. The molecular formula is C17H19F3N2O4S. The highest BCUT2D eigenvalue weighted by molar-refractivity contribution is 7.82. The summed E-state index contributed by atoms with van der Waals surface area (Å²) in [7, 11) is 0. The SMILES string of the molecule is O=CN[C@@H](C(=O)OC(=O)C(F)(F)F)C1(S)CCN(Cc2ccccc2)CC1. The first-order chi connectivity index (χ1) is 12.7. The summed E-state index contributed by atoms with van der Waals surface area (Å²) in [4.78, 5) is 35.9. The number of rotatable bonds is 6. The molecule has 27 heavy (non-hydrogen) atoms. The number of amides is 1. The Kier molecular flexibility index (Phi) is 6.88. The summed E-state index contributed by atoms with van der Waals surface area (Å²) in [6.45, 7) is 1.69. The Morgan fingerprint density at radius 1 is 1.26 bits per heavy atom. The van der Waals surface area contributed by atoms with Gasteiger partial charge >= 0.3 is 18.1 Å². The topological polar surface area (TPSA) is 75.7 Å². The van der Waals surface area contributed by atoms with Gasteiger partial charge in [-0.1, -0.05) is 30.3 Å². The number of ether oxygens (including phenoxy) is 1. The van der Waals surface area contributed by atoms with Crippen LogP contribution in [0.2, 0.25) is 0 Å². The number of esters is 2. The summed E-state index contributed by atoms with van der Waals surface area (Å²) in [5.41, 5.74) is 1.10. The highest BCUT2D eigenvalue weighted by Crippen LogP contribution is 2.34. The van der Waals surface area contributed by atoms with Crippen LogP contribution in [0.5, 0.6) is 0 Å². The van der Waals surface area contributed by atoms with E-state index in [0.29, 0.717) is 32.5 Å². The second-order valence-corrected chi connectivity index (χ2v) is 7.18. The van der Waals surface area contributed by atoms with Crippen molar-refractivity contribution in [1.82, 2.24) is 10.2 Å². The van der Waals surface area contributed by atoms with Crippen LogP contribution in [-0.2, 0) is 25.7 Å². The normalized spacial score (nSPS) is 18.4. The summed E-state index contributed by atoms with van der Waals surface area (Å²) in [6, 6.07) is 8.21. The minimum Gasteiger partial charge on any atom is -0.385 e. The van der Waals surface area contributed by atoms with Gasteiger partial charge in [-0.15, -0.1) is 0 Å². The molecule has 1 fully saturated rings. The van der Waals surface area contributed by atoms with Crippen LogP contribution in [0, 0.1) is 0 Å². The molecule has 0 saturated carbocycles. The Morgan fingerprint density at radius 3 is 2.37 bits per heavy atom. The molecule has 1 aliphatic rings. The van der Waals surface area contributed by atoms with Gasteiger partial charge in [0.05, 0.1) is 0 Å². The van der Waals surface area contributed by atoms with Gasteiger partial charge in [0, 0.05) is 11.3 Å². The van der Waals surface area contributed by atoms with Crippen molar-refractivity contribution in [3.8, 4) is 0 Å². The third kappa shape index (κ3) is 5.70. The third-order valence-electron chi connectivity index (χ3n) is 4.40. The zero-order valence-electron chi connectivity index (χ0n) is 14.2. The van der Waals surface area contributed by atoms with Crippen molar-refractivity contribution >= 4 is 31.0 Å². The standard InChI is InChI=1S/C17H19F3N2O4S/c18-17(19,20)15(25)26-14(24)13(21-11-23)16(27)6-8-22(9-7-16)10-12-4-2-1-3-5-12/h1-5,11,13,27H,6-10H2,(H,21,23)/t13-/m0/s1. The number of alkyl halides is 3. The van der Waals surface area contributed by atoms with E-state index in [1.807, 2.05) is 30.3 Å². The number of thiol groups is 1. The number of likely N-dealkylation sites (tertiary alicyclic amines) is 1. The molecule has 1 amide bonds. The van der Waals surface area contributed by atoms with Crippen molar-refractivity contribution in [2.24, 2.45) is 0 Å². The summed E-state index contributed by atoms with van der Waals surface area (Å²) in [6.07, 6.45) is -4.50. The van der Waals surface area contributed by atoms with Crippen molar-refractivity contribution < 1.29 is 32.3 Å². The second-order valence-electron chi connectivity index (χ2n) is 6.29. The van der Waals surface area contributed by atoms with Gasteiger partial charge in [0.1, 0.15) is 6.04 Å². The van der Waals surface area contributed by atoms with Crippen LogP contribution in [0.25, 0.3) is 0 Å². The van der Waals surface area contributed by atoms with E-state index in [1.54, 1.807) is 0 Å². The second kappa shape index (κ2) is 8.75. The van der Waals surface area contributed by atoms with Crippen molar-refractivity contribution in [2.45, 2.75) is 36.4 Å². The zero-order chi connectivity index (χ0) is 20.1. The Hall–Kier alpha value is -2.07. The average molecular weight is 404 g/mol. The van der Waals surface area contributed by atoms with Crippen LogP contribution in [-0.4, -0.2) is 53.3 Å². The predicted octanol–water partition coefficient (Wildman–Crippen LogP) is 1.70. The maximum Gasteiger partial charge on any atom is 0.491 e.